The van der Waals surface area contributed by atoms with Crippen molar-refractivity contribution in [3.05, 3.63) is 34.9 Å². The highest BCUT2D eigenvalue weighted by Crippen LogP contribution is 2.31. The highest BCUT2D eigenvalue weighted by molar-refractivity contribution is 5.85. The van der Waals surface area contributed by atoms with E-state index >= 15 is 0 Å². The van der Waals surface area contributed by atoms with Gasteiger partial charge in [0, 0.05) is 0 Å². The number of aliphatic hydroxyl groups is 1. The van der Waals surface area contributed by atoms with E-state index in [1.54, 1.807) is 0 Å². The van der Waals surface area contributed by atoms with E-state index in [0.29, 0.717) is 0 Å². The molecule has 0 saturated carbocycles. The van der Waals surface area contributed by atoms with Crippen LogP contribution in [0.1, 0.15) is 64.3 Å². The third-order valence-corrected chi connectivity index (χ3v) is 3.31. The Morgan fingerprint density at radius 3 is 1.58 bits per heavy atom. The van der Waals surface area contributed by atoms with Crippen LogP contribution in [0.25, 0.3) is 0 Å². The number of hydrogen-bond donors (Lipinski definition) is 2. The Morgan fingerprint density at radius 2 is 1.32 bits per heavy atom. The summed E-state index contributed by atoms with van der Waals surface area (Å²) in [6.45, 7) is 13.2. The van der Waals surface area contributed by atoms with E-state index in [1.807, 2.05) is 0 Å². The van der Waals surface area contributed by atoms with Gasteiger partial charge in [0.05, 0.1) is 12.6 Å². The van der Waals surface area contributed by atoms with Gasteiger partial charge < -0.3 is 10.8 Å². The zero-order chi connectivity index (χ0) is 14.1. The lowest BCUT2D eigenvalue weighted by molar-refractivity contribution is 0.267. The molecule has 0 aliphatic carbocycles. The van der Waals surface area contributed by atoms with Crippen LogP contribution in [0.2, 0.25) is 0 Å². The van der Waals surface area contributed by atoms with Crippen molar-refractivity contribution in [2.75, 3.05) is 6.61 Å². The smallest absolute Gasteiger partial charge is 0.0624 e. The maximum Gasteiger partial charge on any atom is 0.0624 e. The number of halogens is 1. The van der Waals surface area contributed by atoms with Gasteiger partial charge in [-0.2, -0.15) is 0 Å². The zero-order valence-electron chi connectivity index (χ0n) is 12.9. The van der Waals surface area contributed by atoms with Crippen molar-refractivity contribution >= 4 is 12.4 Å². The first kappa shape index (κ1) is 18.4. The van der Waals surface area contributed by atoms with Crippen molar-refractivity contribution in [2.45, 2.75) is 58.4 Å². The Bertz CT molecular complexity index is 383. The molecule has 1 aromatic carbocycles. The van der Waals surface area contributed by atoms with Crippen LogP contribution in [-0.2, 0) is 10.8 Å². The summed E-state index contributed by atoms with van der Waals surface area (Å²) in [7, 11) is 0. The molecular weight excluding hydrogens is 258 g/mol. The molecule has 0 radical (unpaired) electrons. The summed E-state index contributed by atoms with van der Waals surface area (Å²) in [5, 5.41) is 9.25. The van der Waals surface area contributed by atoms with Gasteiger partial charge in [-0.25, -0.2) is 0 Å². The minimum Gasteiger partial charge on any atom is -0.394 e. The Balaban J connectivity index is 0.00000324. The summed E-state index contributed by atoms with van der Waals surface area (Å²) in [5.41, 5.74) is 9.71. The fourth-order valence-corrected chi connectivity index (χ4v) is 1.84. The summed E-state index contributed by atoms with van der Waals surface area (Å²) in [5.74, 6) is 0. The summed E-state index contributed by atoms with van der Waals surface area (Å²) in [6, 6.07) is 6.20. The molecular formula is C16H28ClNO. The normalized spacial score (nSPS) is 13.9. The molecule has 3 N–H and O–H groups in total. The first-order chi connectivity index (χ1) is 8.05. The molecule has 0 spiro atoms. The van der Waals surface area contributed by atoms with Gasteiger partial charge in [0.1, 0.15) is 0 Å². The molecule has 0 fully saturated rings. The van der Waals surface area contributed by atoms with Crippen LogP contribution in [-0.4, -0.2) is 11.7 Å². The van der Waals surface area contributed by atoms with Crippen LogP contribution in [0.3, 0.4) is 0 Å². The fraction of sp³-hybridized carbons (Fsp3) is 0.625. The van der Waals surface area contributed by atoms with Crippen LogP contribution in [0.4, 0.5) is 0 Å². The third kappa shape index (κ3) is 4.79. The van der Waals surface area contributed by atoms with Gasteiger partial charge in [-0.1, -0.05) is 59.7 Å². The molecule has 0 unspecified atom stereocenters. The Kier molecular flexibility index (Phi) is 6.07. The number of rotatable bonds is 2. The molecule has 2 nitrogen and oxygen atoms in total. The van der Waals surface area contributed by atoms with Gasteiger partial charge in [0.25, 0.3) is 0 Å². The quantitative estimate of drug-likeness (QED) is 0.870. The minimum atomic E-state index is -0.298. The minimum absolute atomic E-state index is 0. The van der Waals surface area contributed by atoms with E-state index in [9.17, 15) is 5.11 Å². The molecule has 0 aliphatic rings. The second-order valence-corrected chi connectivity index (χ2v) is 7.13. The van der Waals surface area contributed by atoms with E-state index in [2.05, 4.69) is 59.7 Å². The molecule has 0 aliphatic heterocycles. The van der Waals surface area contributed by atoms with Crippen molar-refractivity contribution in [3.8, 4) is 0 Å². The van der Waals surface area contributed by atoms with E-state index in [4.69, 9.17) is 5.73 Å². The first-order valence-electron chi connectivity index (χ1n) is 6.58. The summed E-state index contributed by atoms with van der Waals surface area (Å²) >= 11 is 0. The first-order valence-corrected chi connectivity index (χ1v) is 6.58. The van der Waals surface area contributed by atoms with Crippen LogP contribution in [0.15, 0.2) is 18.2 Å². The van der Waals surface area contributed by atoms with Gasteiger partial charge in [-0.05, 0) is 27.5 Å². The number of benzene rings is 1. The molecule has 0 aromatic heterocycles. The van der Waals surface area contributed by atoms with Gasteiger partial charge in [0.2, 0.25) is 0 Å². The number of hydrogen-bond acceptors (Lipinski definition) is 2. The molecule has 3 heteroatoms. The van der Waals surface area contributed by atoms with Crippen molar-refractivity contribution in [1.82, 2.24) is 0 Å². The lowest BCUT2D eigenvalue weighted by Crippen LogP contribution is -2.20. The SMILES string of the molecule is CC(C)(C)c1cc([C@H](N)CO)cc(C(C)(C)C)c1.Cl. The Morgan fingerprint density at radius 1 is 0.947 bits per heavy atom. The average Bonchev–Trinajstić information content (AvgIpc) is 2.25. The molecule has 0 amide bonds. The van der Waals surface area contributed by atoms with Crippen LogP contribution >= 0.6 is 12.4 Å². The maximum atomic E-state index is 9.25. The van der Waals surface area contributed by atoms with Crippen LogP contribution in [0.5, 0.6) is 0 Å². The molecule has 1 atom stereocenters. The molecule has 1 rings (SSSR count). The average molecular weight is 286 g/mol. The predicted molar refractivity (Wildman–Crippen MR) is 85.1 cm³/mol. The largest absolute Gasteiger partial charge is 0.394 e. The van der Waals surface area contributed by atoms with Gasteiger partial charge >= 0.3 is 0 Å². The van der Waals surface area contributed by atoms with Gasteiger partial charge in [0.15, 0.2) is 0 Å². The summed E-state index contributed by atoms with van der Waals surface area (Å²) in [6.07, 6.45) is 0. The third-order valence-electron chi connectivity index (χ3n) is 3.31. The molecule has 1 aromatic rings. The zero-order valence-corrected chi connectivity index (χ0v) is 13.8. The van der Waals surface area contributed by atoms with Crippen LogP contribution < -0.4 is 5.73 Å². The number of nitrogens with two attached hydrogens (primary N) is 1. The highest BCUT2D eigenvalue weighted by atomic mass is 35.5. The topological polar surface area (TPSA) is 46.2 Å². The summed E-state index contributed by atoms with van der Waals surface area (Å²) in [4.78, 5) is 0. The number of aliphatic hydroxyl groups excluding tert-OH is 1. The summed E-state index contributed by atoms with van der Waals surface area (Å²) < 4.78 is 0. The molecule has 110 valence electrons. The lowest BCUT2D eigenvalue weighted by atomic mass is 9.79. The Hall–Kier alpha value is -0.570. The second kappa shape index (κ2) is 6.25. The lowest BCUT2D eigenvalue weighted by Gasteiger charge is -2.27. The van der Waals surface area contributed by atoms with Gasteiger partial charge in [-0.15, -0.1) is 12.4 Å². The second-order valence-electron chi connectivity index (χ2n) is 7.13. The highest BCUT2D eigenvalue weighted by Gasteiger charge is 2.21. The Labute approximate surface area is 123 Å². The maximum absolute atomic E-state index is 9.25. The standard InChI is InChI=1S/C16H27NO.ClH/c1-15(2,3)12-7-11(14(17)10-18)8-13(9-12)16(4,5)6;/h7-9,14,18H,10,17H2,1-6H3;1H/t14-;/m1./s1. The van der Waals surface area contributed by atoms with E-state index in [1.165, 1.54) is 11.1 Å². The van der Waals surface area contributed by atoms with Crippen molar-refractivity contribution < 1.29 is 5.11 Å². The molecule has 0 heterocycles. The van der Waals surface area contributed by atoms with Crippen LogP contribution in [0, 0.1) is 0 Å². The van der Waals surface area contributed by atoms with Crippen molar-refractivity contribution in [1.29, 1.82) is 0 Å². The molecule has 0 bridgehead atoms. The van der Waals surface area contributed by atoms with Crippen molar-refractivity contribution in [3.63, 3.8) is 0 Å². The van der Waals surface area contributed by atoms with E-state index < -0.39 is 0 Å². The van der Waals surface area contributed by atoms with E-state index in [-0.39, 0.29) is 35.9 Å². The van der Waals surface area contributed by atoms with Crippen molar-refractivity contribution in [2.24, 2.45) is 5.73 Å². The molecule has 0 saturated heterocycles. The predicted octanol–water partition coefficient (Wildman–Crippen LogP) is 3.70. The van der Waals surface area contributed by atoms with Gasteiger partial charge in [-0.3, -0.25) is 0 Å². The van der Waals surface area contributed by atoms with E-state index in [0.717, 1.165) is 5.56 Å². The molecule has 19 heavy (non-hydrogen) atoms. The fourth-order valence-electron chi connectivity index (χ4n) is 1.84. The monoisotopic (exact) mass is 285 g/mol.